The SMILES string of the molecule is C=C1OC(COC(=O)Nc2ncnn3c(C4CCC(COC(=O)Cc5ccccc5)O4)ccc23)=C(C(C)C)O1.CCC.NCC(=O)O. The summed E-state index contributed by atoms with van der Waals surface area (Å²) in [7, 11) is 0. The number of allylic oxidation sites excluding steroid dienone is 1. The molecule has 3 aromatic rings. The molecule has 5 rings (SSSR count). The van der Waals surface area contributed by atoms with Gasteiger partial charge in [0.1, 0.15) is 24.6 Å². The van der Waals surface area contributed by atoms with Crippen molar-refractivity contribution in [1.82, 2.24) is 14.6 Å². The highest BCUT2D eigenvalue weighted by atomic mass is 16.7. The molecule has 2 unspecified atom stereocenters. The molecule has 47 heavy (non-hydrogen) atoms. The highest BCUT2D eigenvalue weighted by Crippen LogP contribution is 2.34. The van der Waals surface area contributed by atoms with Gasteiger partial charge in [0, 0.05) is 5.92 Å². The number of hydrogen-bond donors (Lipinski definition) is 3. The second-order valence-corrected chi connectivity index (χ2v) is 10.9. The van der Waals surface area contributed by atoms with Gasteiger partial charge in [0.15, 0.2) is 23.9 Å². The Balaban J connectivity index is 0.000000676. The van der Waals surface area contributed by atoms with Crippen LogP contribution in [-0.2, 0) is 39.7 Å². The van der Waals surface area contributed by atoms with E-state index in [1.807, 2.05) is 50.2 Å². The lowest BCUT2D eigenvalue weighted by Gasteiger charge is -2.14. The van der Waals surface area contributed by atoms with Crippen molar-refractivity contribution >= 4 is 29.4 Å². The lowest BCUT2D eigenvalue weighted by atomic mass is 10.1. The van der Waals surface area contributed by atoms with Gasteiger partial charge in [-0.15, -0.1) is 0 Å². The molecule has 1 fully saturated rings. The lowest BCUT2D eigenvalue weighted by molar-refractivity contribution is -0.147. The summed E-state index contributed by atoms with van der Waals surface area (Å²) in [5.74, 6) is 0.214. The van der Waals surface area contributed by atoms with Crippen molar-refractivity contribution < 1.29 is 43.2 Å². The molecule has 4 N–H and O–H groups in total. The third kappa shape index (κ3) is 11.1. The number of carbonyl (C=O) groups is 3. The summed E-state index contributed by atoms with van der Waals surface area (Å²) in [6.45, 7) is 11.6. The molecule has 2 atom stereocenters. The maximum Gasteiger partial charge on any atom is 0.413 e. The number of anilines is 1. The molecule has 14 nitrogen and oxygen atoms in total. The van der Waals surface area contributed by atoms with Gasteiger partial charge in [-0.25, -0.2) is 14.3 Å². The normalized spacial score (nSPS) is 16.8. The van der Waals surface area contributed by atoms with Crippen molar-refractivity contribution in [1.29, 1.82) is 0 Å². The minimum atomic E-state index is -0.968. The summed E-state index contributed by atoms with van der Waals surface area (Å²) in [4.78, 5) is 38.1. The van der Waals surface area contributed by atoms with E-state index >= 15 is 0 Å². The van der Waals surface area contributed by atoms with Crippen LogP contribution in [0.4, 0.5) is 10.6 Å². The van der Waals surface area contributed by atoms with Crippen LogP contribution in [0.15, 0.2) is 72.8 Å². The average Bonchev–Trinajstić information content (AvgIpc) is 3.79. The summed E-state index contributed by atoms with van der Waals surface area (Å²) < 4.78 is 29.5. The topological polar surface area (TPSA) is 186 Å². The Labute approximate surface area is 273 Å². The van der Waals surface area contributed by atoms with E-state index in [0.717, 1.165) is 24.1 Å². The number of carboxylic acids is 1. The van der Waals surface area contributed by atoms with Crippen LogP contribution in [-0.4, -0.2) is 63.6 Å². The quantitative estimate of drug-likeness (QED) is 0.246. The van der Waals surface area contributed by atoms with E-state index in [9.17, 15) is 14.4 Å². The number of carbonyl (C=O) groups excluding carboxylic acids is 2. The molecule has 2 aliphatic rings. The summed E-state index contributed by atoms with van der Waals surface area (Å²) in [6.07, 6.45) is 3.15. The van der Waals surface area contributed by atoms with Gasteiger partial charge < -0.3 is 34.5 Å². The molecule has 0 saturated carbocycles. The van der Waals surface area contributed by atoms with Gasteiger partial charge in [-0.3, -0.25) is 14.9 Å². The van der Waals surface area contributed by atoms with Crippen molar-refractivity contribution in [2.45, 2.75) is 65.6 Å². The van der Waals surface area contributed by atoms with Crippen LogP contribution in [0.3, 0.4) is 0 Å². The van der Waals surface area contributed by atoms with E-state index in [1.54, 1.807) is 10.6 Å². The van der Waals surface area contributed by atoms with E-state index in [-0.39, 0.29) is 62.0 Å². The van der Waals surface area contributed by atoms with Crippen molar-refractivity contribution in [3.8, 4) is 0 Å². The number of carboxylic acid groups (broad SMARTS) is 1. The second kappa shape index (κ2) is 18.3. The molecular weight excluding hydrogens is 610 g/mol. The van der Waals surface area contributed by atoms with Crippen molar-refractivity contribution in [2.24, 2.45) is 11.7 Å². The number of nitrogens with one attached hydrogen (secondary N) is 1. The smallest absolute Gasteiger partial charge is 0.413 e. The van der Waals surface area contributed by atoms with Gasteiger partial charge in [-0.1, -0.05) is 64.4 Å². The maximum absolute atomic E-state index is 12.5. The molecule has 0 spiro atoms. The highest BCUT2D eigenvalue weighted by molar-refractivity contribution is 5.88. The van der Waals surface area contributed by atoms with Gasteiger partial charge in [-0.2, -0.15) is 5.10 Å². The predicted octanol–water partition coefficient (Wildman–Crippen LogP) is 5.12. The number of ether oxygens (including phenoxy) is 5. The van der Waals surface area contributed by atoms with E-state index in [0.29, 0.717) is 17.0 Å². The number of rotatable bonds is 10. The molecule has 1 aromatic carbocycles. The number of esters is 1. The Hall–Kier alpha value is -4.95. The Kier molecular flexibility index (Phi) is 14.2. The fraction of sp³-hybridized carbons (Fsp3) is 0.424. The van der Waals surface area contributed by atoms with Crippen LogP contribution >= 0.6 is 0 Å². The summed E-state index contributed by atoms with van der Waals surface area (Å²) in [5, 5.41) is 14.6. The Morgan fingerprint density at radius 3 is 2.47 bits per heavy atom. The van der Waals surface area contributed by atoms with Gasteiger partial charge in [-0.05, 0) is 37.1 Å². The van der Waals surface area contributed by atoms with Gasteiger partial charge in [0.25, 0.3) is 5.95 Å². The Morgan fingerprint density at radius 2 is 1.81 bits per heavy atom. The van der Waals surface area contributed by atoms with Gasteiger partial charge in [0.2, 0.25) is 0 Å². The average molecular weight is 654 g/mol. The molecule has 0 radical (unpaired) electrons. The fourth-order valence-electron chi connectivity index (χ4n) is 4.53. The molecule has 0 bridgehead atoms. The number of aromatic nitrogens is 3. The first kappa shape index (κ1) is 36.5. The van der Waals surface area contributed by atoms with E-state index in [4.69, 9.17) is 28.8 Å². The molecule has 14 heteroatoms. The minimum absolute atomic E-state index is 0.0466. The molecule has 2 aliphatic heterocycles. The number of fused-ring (bicyclic) bond motifs is 1. The van der Waals surface area contributed by atoms with Crippen LogP contribution in [0.25, 0.3) is 5.52 Å². The number of aliphatic carboxylic acids is 1. The molecule has 2 aromatic heterocycles. The van der Waals surface area contributed by atoms with Gasteiger partial charge >= 0.3 is 18.0 Å². The lowest BCUT2D eigenvalue weighted by Crippen LogP contribution is -2.20. The van der Waals surface area contributed by atoms with Crippen LogP contribution < -0.4 is 11.1 Å². The van der Waals surface area contributed by atoms with Crippen LogP contribution in [0.1, 0.15) is 64.3 Å². The number of hydrogen-bond acceptors (Lipinski definition) is 11. The first-order valence-electron chi connectivity index (χ1n) is 15.4. The van der Waals surface area contributed by atoms with E-state index in [1.165, 1.54) is 12.7 Å². The molecular formula is C33H43N5O9. The third-order valence-electron chi connectivity index (χ3n) is 6.53. The third-order valence-corrected chi connectivity index (χ3v) is 6.53. The number of nitrogens with zero attached hydrogens (tertiary/aromatic N) is 3. The number of benzene rings is 1. The van der Waals surface area contributed by atoms with Crippen molar-refractivity contribution in [3.63, 3.8) is 0 Å². The first-order chi connectivity index (χ1) is 22.6. The molecule has 1 saturated heterocycles. The summed E-state index contributed by atoms with van der Waals surface area (Å²) in [5.41, 5.74) is 6.87. The Bertz CT molecular complexity index is 1540. The zero-order chi connectivity index (χ0) is 34.3. The Morgan fingerprint density at radius 1 is 1.11 bits per heavy atom. The zero-order valence-corrected chi connectivity index (χ0v) is 27.1. The summed E-state index contributed by atoms with van der Waals surface area (Å²) in [6, 6.07) is 13.2. The standard InChI is InChI=1S/C28H30N4O7.C3H8.C2H5NO2/c1-17(2)26-24(37-18(3)38-26)15-36-28(34)31-27-22-11-10-21(32(22)30-16-29-27)23-12-9-20(39-23)14-35-25(33)13-19-7-5-4-6-8-19;1-3-2;3-1-2(4)5/h4-8,10-11,16-17,20,23H,3,9,12-15H2,1-2H3,(H,29,30,31,34);3H2,1-2H3;1,3H2,(H,4,5). The van der Waals surface area contributed by atoms with Crippen LogP contribution in [0.5, 0.6) is 0 Å². The van der Waals surface area contributed by atoms with Crippen LogP contribution in [0, 0.1) is 5.92 Å². The maximum atomic E-state index is 12.5. The predicted molar refractivity (Wildman–Crippen MR) is 172 cm³/mol. The summed E-state index contributed by atoms with van der Waals surface area (Å²) >= 11 is 0. The van der Waals surface area contributed by atoms with Crippen molar-refractivity contribution in [3.05, 3.63) is 84.1 Å². The molecule has 0 aliphatic carbocycles. The van der Waals surface area contributed by atoms with E-state index < -0.39 is 12.1 Å². The number of amides is 1. The molecule has 4 heterocycles. The first-order valence-corrected chi connectivity index (χ1v) is 15.4. The number of nitrogens with two attached hydrogens (primary N) is 1. The fourth-order valence-corrected chi connectivity index (χ4v) is 4.53. The largest absolute Gasteiger partial charge is 0.480 e. The monoisotopic (exact) mass is 653 g/mol. The molecule has 1 amide bonds. The van der Waals surface area contributed by atoms with Crippen LogP contribution in [0.2, 0.25) is 0 Å². The molecule has 254 valence electrons. The van der Waals surface area contributed by atoms with E-state index in [2.05, 4.69) is 41.6 Å². The highest BCUT2D eigenvalue weighted by Gasteiger charge is 2.30. The van der Waals surface area contributed by atoms with Gasteiger partial charge in [0.05, 0.1) is 24.8 Å². The second-order valence-electron chi connectivity index (χ2n) is 10.9. The minimum Gasteiger partial charge on any atom is -0.480 e. The zero-order valence-electron chi connectivity index (χ0n) is 27.1. The van der Waals surface area contributed by atoms with Crippen molar-refractivity contribution in [2.75, 3.05) is 25.1 Å².